The Morgan fingerprint density at radius 2 is 1.20 bits per heavy atom. The summed E-state index contributed by atoms with van der Waals surface area (Å²) in [5.74, 6) is -1.63. The molecule has 9 fully saturated rings. The van der Waals surface area contributed by atoms with Crippen molar-refractivity contribution in [3.05, 3.63) is 0 Å². The number of hydrogen-bond donors (Lipinski definition) is 14. The largest absolute Gasteiger partial charge is 0.394 e. The lowest BCUT2D eigenvalue weighted by Gasteiger charge is -2.60. The zero-order chi connectivity index (χ0) is 54.4. The summed E-state index contributed by atoms with van der Waals surface area (Å²) in [7, 11) is 0. The normalized spacial score (nSPS) is 55.4. The zero-order valence-electron chi connectivity index (χ0n) is 43.3. The van der Waals surface area contributed by atoms with E-state index >= 15 is 0 Å². The minimum absolute atomic E-state index is 0.0339. The molecule has 0 spiro atoms. The molecule has 24 nitrogen and oxygen atoms in total. The quantitative estimate of drug-likeness (QED) is 0.0701. The number of carbonyl (C=O) groups is 1. The molecule has 14 N–H and O–H groups in total. The first-order valence-corrected chi connectivity index (χ1v) is 27.2. The summed E-state index contributed by atoms with van der Waals surface area (Å²) in [6.07, 6.45) is -26.5. The Hall–Kier alpha value is -1.25. The van der Waals surface area contributed by atoms with Crippen LogP contribution in [-0.2, 0) is 47.4 Å². The minimum atomic E-state index is -1.87. The van der Waals surface area contributed by atoms with E-state index in [1.54, 1.807) is 0 Å². The van der Waals surface area contributed by atoms with Crippen molar-refractivity contribution in [2.45, 2.75) is 233 Å². The highest BCUT2D eigenvalue weighted by atomic mass is 16.8. The summed E-state index contributed by atoms with van der Waals surface area (Å²) in [5, 5.41) is 148. The molecule has 9 rings (SSSR count). The number of rotatable bonds is 15. The second-order valence-electron chi connectivity index (χ2n) is 24.1. The van der Waals surface area contributed by atoms with E-state index in [-0.39, 0.29) is 71.8 Å². The van der Waals surface area contributed by atoms with Crippen LogP contribution in [-0.4, -0.2) is 245 Å². The fraction of sp³-hybridized carbons (Fsp3) is 0.980. The summed E-state index contributed by atoms with van der Waals surface area (Å²) in [4.78, 5) is 14.9. The first kappa shape index (κ1) is 58.4. The van der Waals surface area contributed by atoms with Gasteiger partial charge in [-0.25, -0.2) is 0 Å². The lowest BCUT2D eigenvalue weighted by molar-refractivity contribution is -0.390. The predicted octanol–water partition coefficient (Wildman–Crippen LogP) is -3.75. The van der Waals surface area contributed by atoms with Gasteiger partial charge in [0.2, 0.25) is 0 Å². The van der Waals surface area contributed by atoms with Crippen LogP contribution in [0.5, 0.6) is 0 Å². The molecule has 4 aliphatic carbocycles. The van der Waals surface area contributed by atoms with Crippen LogP contribution in [0, 0.1) is 52.3 Å². The smallest absolute Gasteiger partial charge is 0.187 e. The van der Waals surface area contributed by atoms with Crippen LogP contribution >= 0.6 is 0 Å². The topological polar surface area (TPSA) is 383 Å². The van der Waals surface area contributed by atoms with E-state index in [1.807, 2.05) is 13.8 Å². The molecule has 0 radical (unpaired) electrons. The lowest BCUT2D eigenvalue weighted by Crippen LogP contribution is -2.67. The van der Waals surface area contributed by atoms with Gasteiger partial charge in [-0.15, -0.1) is 0 Å². The van der Waals surface area contributed by atoms with Crippen LogP contribution in [0.25, 0.3) is 0 Å². The molecule has 0 amide bonds. The van der Waals surface area contributed by atoms with Crippen molar-refractivity contribution < 1.29 is 119 Å². The van der Waals surface area contributed by atoms with Crippen molar-refractivity contribution in [3.8, 4) is 0 Å². The molecule has 5 saturated heterocycles. The van der Waals surface area contributed by atoms with E-state index in [0.717, 1.165) is 12.8 Å². The van der Waals surface area contributed by atoms with Crippen molar-refractivity contribution in [3.63, 3.8) is 0 Å². The number of carbonyl (C=O) groups excluding carboxylic acids is 1. The van der Waals surface area contributed by atoms with Gasteiger partial charge in [-0.1, -0.05) is 27.7 Å². The molecule has 0 bridgehead atoms. The maximum Gasteiger partial charge on any atom is 0.187 e. The number of aliphatic hydroxyl groups excluding tert-OH is 13. The van der Waals surface area contributed by atoms with Crippen molar-refractivity contribution in [1.29, 1.82) is 0 Å². The highest BCUT2D eigenvalue weighted by molar-refractivity contribution is 5.87. The van der Waals surface area contributed by atoms with Crippen LogP contribution in [0.2, 0.25) is 0 Å². The van der Waals surface area contributed by atoms with Crippen molar-refractivity contribution >= 4 is 5.78 Å². The number of fused-ring (bicyclic) bond motifs is 7. The molecule has 4 saturated carbocycles. The summed E-state index contributed by atoms with van der Waals surface area (Å²) in [5.41, 5.74) is -0.979. The number of ether oxygens (including phenoxy) is 9. The van der Waals surface area contributed by atoms with Crippen LogP contribution in [0.4, 0.5) is 0 Å². The molecular weight excluding hydrogens is 997 g/mol. The summed E-state index contributed by atoms with van der Waals surface area (Å²) in [6, 6.07) is 0. The Bertz CT molecular complexity index is 1940. The van der Waals surface area contributed by atoms with Gasteiger partial charge in [-0.3, -0.25) is 4.79 Å². The van der Waals surface area contributed by atoms with Crippen molar-refractivity contribution in [2.75, 3.05) is 26.4 Å². The molecule has 0 unspecified atom stereocenters. The minimum Gasteiger partial charge on any atom is -0.394 e. The third-order valence-electron chi connectivity index (χ3n) is 19.9. The van der Waals surface area contributed by atoms with Crippen molar-refractivity contribution in [1.82, 2.24) is 0 Å². The van der Waals surface area contributed by atoms with E-state index in [4.69, 9.17) is 42.6 Å². The Balaban J connectivity index is 0.847. The van der Waals surface area contributed by atoms with Gasteiger partial charge < -0.3 is 114 Å². The molecule has 75 heavy (non-hydrogen) atoms. The SMILES string of the molecule is C[C@@H](CC[C@@]1(O)O[C@H]2C[C@H]3[C@@H]4CC[C@H]5C[C@@H](O[C@@H]6O[C@H](CO)[C@H](O[C@@H]7O[C@H](CO)[C@@H](O)[C@H](O)[C@H]7O)[C@H](O)[C@H]6O[C@@H]6O[C@@H](C)[C@H](O)[C@@H](O)[C@H]6O)CC[C@]5(C)[C@H]4CC(=O)[C@]3(C)[C@H]2[C@@H]1C)CO[C@@H]1O[C@H](CO)[C@@H](O)[C@H](O)[C@H]1O. The molecule has 9 aliphatic rings. The molecule has 0 aromatic rings. The summed E-state index contributed by atoms with van der Waals surface area (Å²) < 4.78 is 54.2. The number of ketones is 1. The molecule has 32 atom stereocenters. The Labute approximate surface area is 435 Å². The van der Waals surface area contributed by atoms with E-state index in [2.05, 4.69) is 13.8 Å². The highest BCUT2D eigenvalue weighted by Crippen LogP contribution is 2.70. The maximum atomic E-state index is 14.9. The third kappa shape index (κ3) is 10.3. The maximum absolute atomic E-state index is 14.9. The Kier molecular flexibility index (Phi) is 17.6. The van der Waals surface area contributed by atoms with Crippen LogP contribution in [0.15, 0.2) is 0 Å². The van der Waals surface area contributed by atoms with Crippen LogP contribution < -0.4 is 0 Å². The van der Waals surface area contributed by atoms with Crippen LogP contribution in [0.1, 0.15) is 92.4 Å². The van der Waals surface area contributed by atoms with Gasteiger partial charge in [-0.05, 0) is 86.9 Å². The van der Waals surface area contributed by atoms with Gasteiger partial charge >= 0.3 is 0 Å². The number of aliphatic hydroxyl groups is 14. The lowest BCUT2D eigenvalue weighted by atomic mass is 9.44. The summed E-state index contributed by atoms with van der Waals surface area (Å²) in [6.45, 7) is 7.66. The standard InChI is InChI=1S/C51H84O24/c1-19(18-67-45-39(62)37(60)34(57)28(15-52)70-45)8-11-51(66)20(2)32-27(75-51)13-26-24-7-6-22-12-23(9-10-49(22,4)25(24)14-31(55)50(26,32)5)69-48-44(74-46-40(63)36(59)33(56)21(3)68-46)42(65)43(30(17-54)72-48)73-47-41(64)38(61)35(58)29(16-53)71-47/h19-30,32-48,52-54,56-66H,6-18H2,1-5H3/t19-,20-,21-,22-,23-,24+,25-,26-,27-,28+,29+,30+,32-,33-,34+,35+,36+,37-,38-,39+,40+,41+,42-,43-,44+,45+,46-,47-,48+,49-,50+,51+/m0/s1. The highest BCUT2D eigenvalue weighted by Gasteiger charge is 2.71. The number of hydrogen-bond acceptors (Lipinski definition) is 24. The van der Waals surface area contributed by atoms with Gasteiger partial charge in [0.25, 0.3) is 0 Å². The first-order valence-electron chi connectivity index (χ1n) is 27.2. The van der Waals surface area contributed by atoms with Gasteiger partial charge in [0.05, 0.1) is 44.7 Å². The van der Waals surface area contributed by atoms with E-state index in [0.29, 0.717) is 38.5 Å². The Morgan fingerprint density at radius 3 is 1.84 bits per heavy atom. The third-order valence-corrected chi connectivity index (χ3v) is 19.9. The van der Waals surface area contributed by atoms with Gasteiger partial charge in [-0.2, -0.15) is 0 Å². The monoisotopic (exact) mass is 1080 g/mol. The molecule has 432 valence electrons. The number of Topliss-reactive ketones (excluding diaryl/α,β-unsaturated/α-hetero) is 1. The molecule has 0 aromatic carbocycles. The second kappa shape index (κ2) is 22.6. The first-order chi connectivity index (χ1) is 35.4. The molecular formula is C51H84O24. The van der Waals surface area contributed by atoms with E-state index in [1.165, 1.54) is 6.92 Å². The Morgan fingerprint density at radius 1 is 0.627 bits per heavy atom. The average Bonchev–Trinajstić information content (AvgIpc) is 3.83. The molecule has 5 aliphatic heterocycles. The van der Waals surface area contributed by atoms with Gasteiger partial charge in [0.1, 0.15) is 97.3 Å². The predicted molar refractivity (Wildman–Crippen MR) is 251 cm³/mol. The van der Waals surface area contributed by atoms with Crippen molar-refractivity contribution in [2.24, 2.45) is 52.3 Å². The van der Waals surface area contributed by atoms with E-state index < -0.39 is 160 Å². The second-order valence-corrected chi connectivity index (χ2v) is 24.1. The fourth-order valence-corrected chi connectivity index (χ4v) is 15.3. The molecule has 0 aromatic heterocycles. The summed E-state index contributed by atoms with van der Waals surface area (Å²) >= 11 is 0. The molecule has 24 heteroatoms. The average molecular weight is 1080 g/mol. The zero-order valence-corrected chi connectivity index (χ0v) is 43.3. The van der Waals surface area contributed by atoms with E-state index in [9.17, 15) is 76.3 Å². The van der Waals surface area contributed by atoms with Gasteiger partial charge in [0.15, 0.2) is 30.9 Å². The molecule has 5 heterocycles. The van der Waals surface area contributed by atoms with Gasteiger partial charge in [0, 0.05) is 30.1 Å². The fourth-order valence-electron chi connectivity index (χ4n) is 15.3. The van der Waals surface area contributed by atoms with Crippen LogP contribution in [0.3, 0.4) is 0 Å².